The van der Waals surface area contributed by atoms with E-state index < -0.39 is 0 Å². The standard InChI is InChI=1S/C42H24S6/c1-7-37(43-13-1)31-19-25-26(20-32(31)38-8-2-14-44-38)28-22-34(40-10-4-16-46-40)36(42-12-6-18-48-42)24-30(28)29-23-35(41-11-5-17-47-41)33(21-27(25)29)39-9-3-15-45-39/h1-24H. The van der Waals surface area contributed by atoms with E-state index in [9.17, 15) is 0 Å². The summed E-state index contributed by atoms with van der Waals surface area (Å²) in [5, 5.41) is 21.0. The molecule has 228 valence electrons. The van der Waals surface area contributed by atoms with Gasteiger partial charge in [0.2, 0.25) is 0 Å². The van der Waals surface area contributed by atoms with Gasteiger partial charge in [0.15, 0.2) is 0 Å². The average molecular weight is 721 g/mol. The van der Waals surface area contributed by atoms with Gasteiger partial charge in [0.25, 0.3) is 0 Å². The Morgan fingerprint density at radius 2 is 0.396 bits per heavy atom. The molecule has 0 saturated heterocycles. The molecule has 6 heteroatoms. The van der Waals surface area contributed by atoms with Gasteiger partial charge in [-0.3, -0.25) is 0 Å². The van der Waals surface area contributed by atoms with Gasteiger partial charge in [0.1, 0.15) is 0 Å². The molecule has 0 N–H and O–H groups in total. The normalized spacial score (nSPS) is 11.8. The lowest BCUT2D eigenvalue weighted by atomic mass is 9.86. The summed E-state index contributed by atoms with van der Waals surface area (Å²) < 4.78 is 0. The van der Waals surface area contributed by atoms with Crippen molar-refractivity contribution in [3.05, 3.63) is 141 Å². The van der Waals surface area contributed by atoms with Gasteiger partial charge in [-0.05, 0) is 137 Å². The van der Waals surface area contributed by atoms with Crippen LogP contribution in [0.25, 0.3) is 95.0 Å². The molecular formula is C42H24S6. The Morgan fingerprint density at radius 1 is 0.229 bits per heavy atom. The molecule has 0 aliphatic carbocycles. The van der Waals surface area contributed by atoms with Crippen molar-refractivity contribution in [1.82, 2.24) is 0 Å². The second-order valence-corrected chi connectivity index (χ2v) is 17.4. The van der Waals surface area contributed by atoms with Crippen molar-refractivity contribution in [3.63, 3.8) is 0 Å². The maximum Gasteiger partial charge on any atom is 0.0349 e. The smallest absolute Gasteiger partial charge is 0.0349 e. The fourth-order valence-electron chi connectivity index (χ4n) is 6.95. The zero-order chi connectivity index (χ0) is 31.6. The van der Waals surface area contributed by atoms with Crippen LogP contribution in [0.15, 0.2) is 141 Å². The number of benzene rings is 4. The first-order chi connectivity index (χ1) is 23.8. The number of fused-ring (bicyclic) bond motifs is 6. The maximum absolute atomic E-state index is 2.49. The van der Waals surface area contributed by atoms with Gasteiger partial charge in [-0.1, -0.05) is 36.4 Å². The summed E-state index contributed by atoms with van der Waals surface area (Å²) in [6, 6.07) is 41.5. The average Bonchev–Trinajstić information content (AvgIpc) is 3.99. The van der Waals surface area contributed by atoms with Gasteiger partial charge in [-0.15, -0.1) is 68.0 Å². The molecule has 6 heterocycles. The zero-order valence-electron chi connectivity index (χ0n) is 25.3. The highest BCUT2D eigenvalue weighted by Crippen LogP contribution is 2.49. The SMILES string of the molecule is c1csc(-c2cc3c4cc(-c5cccs5)c(-c5cccs5)cc4c4cc(-c5cccs5)c(-c5cccs5)cc4c3cc2-c2cccs2)c1. The van der Waals surface area contributed by atoms with Crippen LogP contribution in [-0.2, 0) is 0 Å². The van der Waals surface area contributed by atoms with Crippen LogP contribution in [0.5, 0.6) is 0 Å². The molecule has 10 aromatic rings. The van der Waals surface area contributed by atoms with Gasteiger partial charge in [0.05, 0.1) is 0 Å². The van der Waals surface area contributed by atoms with E-state index in [1.54, 1.807) is 0 Å². The van der Waals surface area contributed by atoms with Crippen molar-refractivity contribution in [2.45, 2.75) is 0 Å². The molecule has 0 atom stereocenters. The lowest BCUT2D eigenvalue weighted by Crippen LogP contribution is -1.92. The minimum atomic E-state index is 1.30. The van der Waals surface area contributed by atoms with E-state index in [1.165, 1.54) is 95.0 Å². The molecule has 4 aromatic carbocycles. The third-order valence-electron chi connectivity index (χ3n) is 9.06. The Morgan fingerprint density at radius 3 is 0.521 bits per heavy atom. The minimum Gasteiger partial charge on any atom is -0.144 e. The predicted molar refractivity (Wildman–Crippen MR) is 219 cm³/mol. The third kappa shape index (κ3) is 4.71. The van der Waals surface area contributed by atoms with Crippen LogP contribution in [0, 0.1) is 0 Å². The molecule has 10 rings (SSSR count). The van der Waals surface area contributed by atoms with Crippen molar-refractivity contribution < 1.29 is 0 Å². The Kier molecular flexibility index (Phi) is 7.07. The van der Waals surface area contributed by atoms with Gasteiger partial charge < -0.3 is 0 Å². The molecule has 0 nitrogen and oxygen atoms in total. The fraction of sp³-hybridized carbons (Fsp3) is 0. The molecule has 0 amide bonds. The summed E-state index contributed by atoms with van der Waals surface area (Å²) in [5.74, 6) is 0. The number of thiophene rings is 6. The number of hydrogen-bond donors (Lipinski definition) is 0. The van der Waals surface area contributed by atoms with Gasteiger partial charge in [-0.25, -0.2) is 0 Å². The van der Waals surface area contributed by atoms with E-state index in [1.807, 2.05) is 68.0 Å². The van der Waals surface area contributed by atoms with Crippen LogP contribution in [0.3, 0.4) is 0 Å². The van der Waals surface area contributed by atoms with Crippen molar-refractivity contribution in [3.8, 4) is 62.6 Å². The van der Waals surface area contributed by atoms with Crippen LogP contribution in [0.1, 0.15) is 0 Å². The molecule has 0 unspecified atom stereocenters. The first-order valence-corrected chi connectivity index (χ1v) is 20.9. The number of rotatable bonds is 6. The van der Waals surface area contributed by atoms with E-state index in [-0.39, 0.29) is 0 Å². The summed E-state index contributed by atoms with van der Waals surface area (Å²) in [6.45, 7) is 0. The second kappa shape index (κ2) is 11.8. The first kappa shape index (κ1) is 28.8. The van der Waals surface area contributed by atoms with Gasteiger partial charge in [-0.2, -0.15) is 0 Å². The monoisotopic (exact) mass is 720 g/mol. The summed E-state index contributed by atoms with van der Waals surface area (Å²) in [5.41, 5.74) is 7.80. The molecule has 0 aliphatic rings. The Labute approximate surface area is 302 Å². The summed E-state index contributed by atoms with van der Waals surface area (Å²) >= 11 is 10.9. The van der Waals surface area contributed by atoms with Crippen molar-refractivity contribution in [2.75, 3.05) is 0 Å². The van der Waals surface area contributed by atoms with Crippen LogP contribution in [0.2, 0.25) is 0 Å². The van der Waals surface area contributed by atoms with Crippen molar-refractivity contribution in [1.29, 1.82) is 0 Å². The largest absolute Gasteiger partial charge is 0.144 e. The summed E-state index contributed by atoms with van der Waals surface area (Å²) in [4.78, 5) is 7.80. The van der Waals surface area contributed by atoms with E-state index in [0.717, 1.165) is 0 Å². The summed E-state index contributed by atoms with van der Waals surface area (Å²) in [7, 11) is 0. The molecule has 0 aliphatic heterocycles. The van der Waals surface area contributed by atoms with E-state index in [4.69, 9.17) is 0 Å². The predicted octanol–water partition coefficient (Wildman–Crippen LogP) is 15.5. The Balaban J connectivity index is 1.42. The Hall–Kier alpha value is -4.14. The van der Waals surface area contributed by atoms with E-state index in [2.05, 4.69) is 141 Å². The Bertz CT molecular complexity index is 2150. The number of hydrogen-bond acceptors (Lipinski definition) is 6. The molecule has 6 aromatic heterocycles. The zero-order valence-corrected chi connectivity index (χ0v) is 30.2. The van der Waals surface area contributed by atoms with Crippen molar-refractivity contribution >= 4 is 100 Å². The molecular weight excluding hydrogens is 697 g/mol. The van der Waals surface area contributed by atoms with Crippen LogP contribution in [-0.4, -0.2) is 0 Å². The maximum atomic E-state index is 2.49. The molecule has 0 spiro atoms. The van der Waals surface area contributed by atoms with Gasteiger partial charge in [0, 0.05) is 62.6 Å². The van der Waals surface area contributed by atoms with E-state index in [0.29, 0.717) is 0 Å². The molecule has 0 saturated carbocycles. The topological polar surface area (TPSA) is 0 Å². The van der Waals surface area contributed by atoms with Gasteiger partial charge >= 0.3 is 0 Å². The molecule has 0 fully saturated rings. The molecule has 48 heavy (non-hydrogen) atoms. The highest BCUT2D eigenvalue weighted by molar-refractivity contribution is 7.15. The molecule has 0 radical (unpaired) electrons. The first-order valence-electron chi connectivity index (χ1n) is 15.6. The second-order valence-electron chi connectivity index (χ2n) is 11.7. The highest BCUT2D eigenvalue weighted by atomic mass is 32.1. The quantitative estimate of drug-likeness (QED) is 0.150. The molecule has 0 bridgehead atoms. The highest BCUT2D eigenvalue weighted by Gasteiger charge is 2.21. The van der Waals surface area contributed by atoms with Crippen LogP contribution < -0.4 is 0 Å². The fourth-order valence-corrected chi connectivity index (χ4v) is 11.5. The van der Waals surface area contributed by atoms with Crippen molar-refractivity contribution in [2.24, 2.45) is 0 Å². The summed E-state index contributed by atoms with van der Waals surface area (Å²) in [6.07, 6.45) is 0. The third-order valence-corrected chi connectivity index (χ3v) is 14.5. The lowest BCUT2D eigenvalue weighted by molar-refractivity contribution is 1.72. The lowest BCUT2D eigenvalue weighted by Gasteiger charge is -2.19. The van der Waals surface area contributed by atoms with Crippen LogP contribution >= 0.6 is 68.0 Å². The minimum absolute atomic E-state index is 1.30. The van der Waals surface area contributed by atoms with Crippen LogP contribution in [0.4, 0.5) is 0 Å². The van der Waals surface area contributed by atoms with E-state index >= 15 is 0 Å².